The lowest BCUT2D eigenvalue weighted by Crippen LogP contribution is -2.35. The Labute approximate surface area is 173 Å². The third kappa shape index (κ3) is 7.02. The molecule has 0 radical (unpaired) electrons. The molecule has 2 aromatic rings. The highest BCUT2D eigenvalue weighted by Gasteiger charge is 2.23. The molecule has 2 aromatic carbocycles. The normalized spacial score (nSPS) is 13.2. The molecule has 1 atom stereocenters. The molecule has 0 aliphatic rings. The van der Waals surface area contributed by atoms with Crippen LogP contribution < -0.4 is 4.72 Å². The summed E-state index contributed by atoms with van der Waals surface area (Å²) in [6, 6.07) is 15.2. The molecule has 1 N–H and O–H groups in total. The fourth-order valence-electron chi connectivity index (χ4n) is 2.80. The van der Waals surface area contributed by atoms with Gasteiger partial charge in [-0.25, -0.2) is 13.2 Å². The largest absolute Gasteiger partial charge is 0.467 e. The van der Waals surface area contributed by atoms with Gasteiger partial charge in [0.25, 0.3) is 10.0 Å². The average molecular weight is 417 g/mol. The standard InChI is InChI=1S/C22H28N2O4S/c1-16(2)14-20(22(25)28-4)23-21(15-18-8-6-5-7-9-18)24-29(26,27)19-12-10-17(3)11-13-19/h5-13,16,20H,14-15H2,1-4H3,(H,23,24)/t20-/m0/s1. The van der Waals surface area contributed by atoms with E-state index in [4.69, 9.17) is 4.74 Å². The van der Waals surface area contributed by atoms with E-state index in [-0.39, 0.29) is 23.1 Å². The number of rotatable bonds is 8. The monoisotopic (exact) mass is 416 g/mol. The second-order valence-electron chi connectivity index (χ2n) is 7.33. The molecule has 156 valence electrons. The molecule has 0 unspecified atom stereocenters. The SMILES string of the molecule is COC(=O)[C@H](CC(C)C)N=C(Cc1ccccc1)NS(=O)(=O)c1ccc(C)cc1. The number of aliphatic imine (C=N–C) groups is 1. The van der Waals surface area contributed by atoms with Crippen molar-refractivity contribution in [3.05, 3.63) is 65.7 Å². The fraction of sp³-hybridized carbons (Fsp3) is 0.364. The molecule has 6 nitrogen and oxygen atoms in total. The van der Waals surface area contributed by atoms with Crippen LogP contribution in [0.2, 0.25) is 0 Å². The van der Waals surface area contributed by atoms with Gasteiger partial charge in [0.05, 0.1) is 12.0 Å². The number of aryl methyl sites for hydroxylation is 1. The summed E-state index contributed by atoms with van der Waals surface area (Å²) >= 11 is 0. The lowest BCUT2D eigenvalue weighted by molar-refractivity contribution is -0.142. The zero-order valence-electron chi connectivity index (χ0n) is 17.3. The van der Waals surface area contributed by atoms with Crippen molar-refractivity contribution in [3.8, 4) is 0 Å². The van der Waals surface area contributed by atoms with Gasteiger partial charge in [0.1, 0.15) is 11.9 Å². The van der Waals surface area contributed by atoms with Gasteiger partial charge in [0.2, 0.25) is 0 Å². The highest BCUT2D eigenvalue weighted by atomic mass is 32.2. The summed E-state index contributed by atoms with van der Waals surface area (Å²) < 4.78 is 33.2. The predicted octanol–water partition coefficient (Wildman–Crippen LogP) is 3.50. The number of carbonyl (C=O) groups is 1. The van der Waals surface area contributed by atoms with E-state index in [1.54, 1.807) is 24.3 Å². The van der Waals surface area contributed by atoms with Crippen molar-refractivity contribution in [1.82, 2.24) is 4.72 Å². The van der Waals surface area contributed by atoms with Crippen LogP contribution in [0.15, 0.2) is 64.5 Å². The van der Waals surface area contributed by atoms with Gasteiger partial charge in [-0.3, -0.25) is 9.71 Å². The number of sulfonamides is 1. The van der Waals surface area contributed by atoms with Crippen molar-refractivity contribution in [2.75, 3.05) is 7.11 Å². The first kappa shape index (κ1) is 22.6. The van der Waals surface area contributed by atoms with Crippen LogP contribution in [0.3, 0.4) is 0 Å². The number of hydrogen-bond donors (Lipinski definition) is 1. The van der Waals surface area contributed by atoms with Crippen LogP contribution in [0.5, 0.6) is 0 Å². The zero-order chi connectivity index (χ0) is 21.4. The fourth-order valence-corrected chi connectivity index (χ4v) is 3.85. The second-order valence-corrected chi connectivity index (χ2v) is 9.01. The summed E-state index contributed by atoms with van der Waals surface area (Å²) in [6.45, 7) is 5.83. The van der Waals surface area contributed by atoms with Crippen LogP contribution in [0.25, 0.3) is 0 Å². The summed E-state index contributed by atoms with van der Waals surface area (Å²) in [4.78, 5) is 16.8. The molecule has 0 saturated carbocycles. The molecule has 0 aliphatic carbocycles. The number of ether oxygens (including phenoxy) is 1. The topological polar surface area (TPSA) is 84.8 Å². The highest BCUT2D eigenvalue weighted by molar-refractivity contribution is 7.90. The minimum Gasteiger partial charge on any atom is -0.467 e. The van der Waals surface area contributed by atoms with Crippen molar-refractivity contribution in [3.63, 3.8) is 0 Å². The molecule has 2 rings (SSSR count). The Morgan fingerprint density at radius 3 is 2.24 bits per heavy atom. The minimum absolute atomic E-state index is 0.141. The third-order valence-electron chi connectivity index (χ3n) is 4.28. The van der Waals surface area contributed by atoms with Crippen molar-refractivity contribution in [2.24, 2.45) is 10.9 Å². The Morgan fingerprint density at radius 2 is 1.69 bits per heavy atom. The number of hydrogen-bond acceptors (Lipinski definition) is 5. The van der Waals surface area contributed by atoms with Crippen LogP contribution >= 0.6 is 0 Å². The van der Waals surface area contributed by atoms with Crippen LogP contribution in [0.4, 0.5) is 0 Å². The van der Waals surface area contributed by atoms with Crippen LogP contribution in [0, 0.1) is 12.8 Å². The van der Waals surface area contributed by atoms with Crippen LogP contribution in [-0.2, 0) is 26.0 Å². The molecule has 0 amide bonds. The van der Waals surface area contributed by atoms with Crippen molar-refractivity contribution in [1.29, 1.82) is 0 Å². The quantitative estimate of drug-likeness (QED) is 0.405. The number of esters is 1. The third-order valence-corrected chi connectivity index (χ3v) is 5.67. The van der Waals surface area contributed by atoms with E-state index >= 15 is 0 Å². The van der Waals surface area contributed by atoms with Gasteiger partial charge in [-0.05, 0) is 37.0 Å². The van der Waals surface area contributed by atoms with E-state index in [0.29, 0.717) is 6.42 Å². The van der Waals surface area contributed by atoms with Gasteiger partial charge in [0, 0.05) is 6.42 Å². The number of amidine groups is 1. The highest BCUT2D eigenvalue weighted by Crippen LogP contribution is 2.14. The lowest BCUT2D eigenvalue weighted by atomic mass is 10.0. The molecule has 0 spiro atoms. The van der Waals surface area contributed by atoms with Crippen LogP contribution in [-0.4, -0.2) is 33.4 Å². The molecule has 0 aromatic heterocycles. The van der Waals surface area contributed by atoms with Gasteiger partial charge >= 0.3 is 5.97 Å². The summed E-state index contributed by atoms with van der Waals surface area (Å²) in [6.07, 6.45) is 0.703. The molecule has 0 fully saturated rings. The van der Waals surface area contributed by atoms with Crippen molar-refractivity contribution >= 4 is 21.8 Å². The van der Waals surface area contributed by atoms with E-state index in [1.807, 2.05) is 51.1 Å². The minimum atomic E-state index is -3.84. The van der Waals surface area contributed by atoms with E-state index in [2.05, 4.69) is 9.71 Å². The lowest BCUT2D eigenvalue weighted by Gasteiger charge is -2.17. The Hall–Kier alpha value is -2.67. The number of benzene rings is 2. The molecule has 0 heterocycles. The van der Waals surface area contributed by atoms with Gasteiger partial charge in [0.15, 0.2) is 0 Å². The summed E-state index contributed by atoms with van der Waals surface area (Å²) in [7, 11) is -2.53. The maximum absolute atomic E-state index is 12.9. The Bertz CT molecular complexity index is 937. The summed E-state index contributed by atoms with van der Waals surface area (Å²) in [5.41, 5.74) is 1.84. The van der Waals surface area contributed by atoms with E-state index < -0.39 is 22.0 Å². The number of methoxy groups -OCH3 is 1. The number of carbonyl (C=O) groups excluding carboxylic acids is 1. The molecule has 0 aliphatic heterocycles. The molecule has 0 bridgehead atoms. The first-order valence-corrected chi connectivity index (χ1v) is 11.0. The number of nitrogens with one attached hydrogen (secondary N) is 1. The summed E-state index contributed by atoms with van der Waals surface area (Å²) in [5, 5.41) is 0. The Morgan fingerprint density at radius 1 is 1.07 bits per heavy atom. The first-order chi connectivity index (χ1) is 13.7. The maximum atomic E-state index is 12.9. The average Bonchev–Trinajstić information content (AvgIpc) is 2.67. The van der Waals surface area contributed by atoms with E-state index in [1.165, 1.54) is 7.11 Å². The Kier molecular flexibility index (Phi) is 7.96. The van der Waals surface area contributed by atoms with E-state index in [0.717, 1.165) is 11.1 Å². The predicted molar refractivity (Wildman–Crippen MR) is 114 cm³/mol. The van der Waals surface area contributed by atoms with Gasteiger partial charge in [-0.1, -0.05) is 61.9 Å². The van der Waals surface area contributed by atoms with Crippen LogP contribution in [0.1, 0.15) is 31.4 Å². The zero-order valence-corrected chi connectivity index (χ0v) is 18.1. The molecular formula is C22H28N2O4S. The smallest absolute Gasteiger partial charge is 0.330 e. The van der Waals surface area contributed by atoms with Crippen molar-refractivity contribution in [2.45, 2.75) is 44.6 Å². The second kappa shape index (κ2) is 10.2. The molecule has 0 saturated heterocycles. The number of nitrogens with zero attached hydrogens (tertiary/aromatic N) is 1. The molecule has 29 heavy (non-hydrogen) atoms. The van der Waals surface area contributed by atoms with E-state index in [9.17, 15) is 13.2 Å². The Balaban J connectivity index is 2.40. The van der Waals surface area contributed by atoms with Gasteiger partial charge in [-0.15, -0.1) is 0 Å². The molecular weight excluding hydrogens is 388 g/mol. The first-order valence-electron chi connectivity index (χ1n) is 9.49. The maximum Gasteiger partial charge on any atom is 0.330 e. The van der Waals surface area contributed by atoms with Gasteiger partial charge < -0.3 is 4.74 Å². The molecule has 7 heteroatoms. The van der Waals surface area contributed by atoms with Crippen molar-refractivity contribution < 1.29 is 17.9 Å². The van der Waals surface area contributed by atoms with Gasteiger partial charge in [-0.2, -0.15) is 0 Å². The summed E-state index contributed by atoms with van der Waals surface area (Å²) in [5.74, 6) is -0.0962.